The highest BCUT2D eigenvalue weighted by Gasteiger charge is 2.20. The van der Waals surface area contributed by atoms with Crippen molar-refractivity contribution in [2.24, 2.45) is 0 Å². The Morgan fingerprint density at radius 2 is 1.67 bits per heavy atom. The Bertz CT molecular complexity index is 180. The first-order valence-corrected chi connectivity index (χ1v) is 5.29. The Balaban J connectivity index is 4.20. The molecule has 0 heterocycles. The predicted octanol–water partition coefficient (Wildman–Crippen LogP) is -0.814. The standard InChI is InChI=1S/C10H22N2O3/c1-8(2)11-10(15)9(3)12(4-6-13)5-7-14/h8-9,13-14H,4-7H2,1-3H3,(H,11,15). The van der Waals surface area contributed by atoms with E-state index in [1.807, 2.05) is 13.8 Å². The van der Waals surface area contributed by atoms with Gasteiger partial charge in [-0.05, 0) is 20.8 Å². The second-order valence-electron chi connectivity index (χ2n) is 3.82. The molecule has 5 heteroatoms. The van der Waals surface area contributed by atoms with Gasteiger partial charge in [0.1, 0.15) is 0 Å². The summed E-state index contributed by atoms with van der Waals surface area (Å²) >= 11 is 0. The van der Waals surface area contributed by atoms with Gasteiger partial charge in [0, 0.05) is 19.1 Å². The lowest BCUT2D eigenvalue weighted by Gasteiger charge is -2.27. The summed E-state index contributed by atoms with van der Waals surface area (Å²) in [7, 11) is 0. The van der Waals surface area contributed by atoms with E-state index in [-0.39, 0.29) is 31.2 Å². The van der Waals surface area contributed by atoms with Crippen LogP contribution in [-0.2, 0) is 4.79 Å². The molecule has 0 aliphatic heterocycles. The van der Waals surface area contributed by atoms with Gasteiger partial charge in [0.15, 0.2) is 0 Å². The number of hydrogen-bond acceptors (Lipinski definition) is 4. The van der Waals surface area contributed by atoms with Crippen molar-refractivity contribution in [3.05, 3.63) is 0 Å². The van der Waals surface area contributed by atoms with Crippen molar-refractivity contribution in [2.75, 3.05) is 26.3 Å². The van der Waals surface area contributed by atoms with Gasteiger partial charge in [0.2, 0.25) is 5.91 Å². The van der Waals surface area contributed by atoms with E-state index in [2.05, 4.69) is 5.32 Å². The fourth-order valence-electron chi connectivity index (χ4n) is 1.33. The van der Waals surface area contributed by atoms with Crippen molar-refractivity contribution in [3.8, 4) is 0 Å². The monoisotopic (exact) mass is 218 g/mol. The van der Waals surface area contributed by atoms with Crippen molar-refractivity contribution < 1.29 is 15.0 Å². The highest BCUT2D eigenvalue weighted by Crippen LogP contribution is 1.99. The second kappa shape index (κ2) is 7.62. The van der Waals surface area contributed by atoms with Crippen molar-refractivity contribution in [2.45, 2.75) is 32.9 Å². The minimum atomic E-state index is -0.327. The molecule has 1 unspecified atom stereocenters. The molecule has 0 aromatic heterocycles. The molecule has 0 saturated carbocycles. The molecule has 0 bridgehead atoms. The second-order valence-corrected chi connectivity index (χ2v) is 3.82. The van der Waals surface area contributed by atoms with E-state index in [1.54, 1.807) is 11.8 Å². The quantitative estimate of drug-likeness (QED) is 0.522. The first-order valence-electron chi connectivity index (χ1n) is 5.29. The van der Waals surface area contributed by atoms with Gasteiger partial charge in [-0.3, -0.25) is 9.69 Å². The number of aliphatic hydroxyl groups is 2. The smallest absolute Gasteiger partial charge is 0.237 e. The number of aliphatic hydroxyl groups excluding tert-OH is 2. The van der Waals surface area contributed by atoms with Crippen molar-refractivity contribution in [1.29, 1.82) is 0 Å². The Kier molecular flexibility index (Phi) is 7.29. The van der Waals surface area contributed by atoms with E-state index in [1.165, 1.54) is 0 Å². The highest BCUT2D eigenvalue weighted by molar-refractivity contribution is 5.81. The summed E-state index contributed by atoms with van der Waals surface area (Å²) in [5.41, 5.74) is 0. The molecule has 0 aromatic rings. The maximum Gasteiger partial charge on any atom is 0.237 e. The Hall–Kier alpha value is -0.650. The first kappa shape index (κ1) is 14.3. The van der Waals surface area contributed by atoms with Crippen LogP contribution >= 0.6 is 0 Å². The number of hydrogen-bond donors (Lipinski definition) is 3. The van der Waals surface area contributed by atoms with E-state index in [0.717, 1.165) is 0 Å². The van der Waals surface area contributed by atoms with Gasteiger partial charge in [-0.1, -0.05) is 0 Å². The van der Waals surface area contributed by atoms with E-state index < -0.39 is 0 Å². The zero-order valence-corrected chi connectivity index (χ0v) is 9.73. The average Bonchev–Trinajstić information content (AvgIpc) is 2.15. The number of amides is 1. The van der Waals surface area contributed by atoms with Gasteiger partial charge in [0.05, 0.1) is 19.3 Å². The molecule has 0 spiro atoms. The van der Waals surface area contributed by atoms with Gasteiger partial charge in [-0.25, -0.2) is 0 Å². The largest absolute Gasteiger partial charge is 0.395 e. The van der Waals surface area contributed by atoms with Crippen LogP contribution < -0.4 is 5.32 Å². The average molecular weight is 218 g/mol. The van der Waals surface area contributed by atoms with Crippen LogP contribution in [0.3, 0.4) is 0 Å². The molecule has 15 heavy (non-hydrogen) atoms. The van der Waals surface area contributed by atoms with Crippen LogP contribution in [0.4, 0.5) is 0 Å². The Morgan fingerprint density at radius 3 is 2.00 bits per heavy atom. The summed E-state index contributed by atoms with van der Waals surface area (Å²) in [6.07, 6.45) is 0. The summed E-state index contributed by atoms with van der Waals surface area (Å²) in [6.45, 7) is 6.32. The lowest BCUT2D eigenvalue weighted by molar-refractivity contribution is -0.126. The van der Waals surface area contributed by atoms with E-state index in [0.29, 0.717) is 13.1 Å². The predicted molar refractivity (Wildman–Crippen MR) is 58.5 cm³/mol. The summed E-state index contributed by atoms with van der Waals surface area (Å²) in [5, 5.41) is 20.4. The van der Waals surface area contributed by atoms with Crippen LogP contribution in [0.1, 0.15) is 20.8 Å². The number of rotatable bonds is 7. The van der Waals surface area contributed by atoms with Gasteiger partial charge >= 0.3 is 0 Å². The van der Waals surface area contributed by atoms with Crippen molar-refractivity contribution in [3.63, 3.8) is 0 Å². The third-order valence-electron chi connectivity index (χ3n) is 2.13. The minimum Gasteiger partial charge on any atom is -0.395 e. The third kappa shape index (κ3) is 5.71. The molecule has 0 aliphatic rings. The first-order chi connectivity index (χ1) is 7.02. The fourth-order valence-corrected chi connectivity index (χ4v) is 1.33. The number of carbonyl (C=O) groups is 1. The molecular formula is C10H22N2O3. The minimum absolute atomic E-state index is 0.0146. The van der Waals surface area contributed by atoms with Crippen LogP contribution in [-0.4, -0.2) is 59.4 Å². The maximum absolute atomic E-state index is 11.6. The molecule has 0 aromatic carbocycles. The lowest BCUT2D eigenvalue weighted by Crippen LogP contribution is -2.48. The molecule has 1 amide bonds. The fraction of sp³-hybridized carbons (Fsp3) is 0.900. The van der Waals surface area contributed by atoms with E-state index in [9.17, 15) is 4.79 Å². The van der Waals surface area contributed by atoms with Crippen LogP contribution in [0.2, 0.25) is 0 Å². The number of carbonyl (C=O) groups excluding carboxylic acids is 1. The van der Waals surface area contributed by atoms with Gasteiger partial charge in [-0.2, -0.15) is 0 Å². The summed E-state index contributed by atoms with van der Waals surface area (Å²) in [6, 6.07) is -0.225. The molecule has 3 N–H and O–H groups in total. The summed E-state index contributed by atoms with van der Waals surface area (Å²) in [4.78, 5) is 13.4. The molecule has 5 nitrogen and oxygen atoms in total. The summed E-state index contributed by atoms with van der Waals surface area (Å²) < 4.78 is 0. The van der Waals surface area contributed by atoms with Gasteiger partial charge in [0.25, 0.3) is 0 Å². The molecule has 0 rings (SSSR count). The molecule has 90 valence electrons. The summed E-state index contributed by atoms with van der Waals surface area (Å²) in [5.74, 6) is -0.0769. The van der Waals surface area contributed by atoms with Crippen LogP contribution in [0.15, 0.2) is 0 Å². The zero-order chi connectivity index (χ0) is 11.8. The third-order valence-corrected chi connectivity index (χ3v) is 2.13. The topological polar surface area (TPSA) is 72.8 Å². The zero-order valence-electron chi connectivity index (χ0n) is 9.73. The van der Waals surface area contributed by atoms with E-state index >= 15 is 0 Å². The molecule has 0 fully saturated rings. The molecule has 0 radical (unpaired) electrons. The van der Waals surface area contributed by atoms with Gasteiger partial charge in [-0.15, -0.1) is 0 Å². The van der Waals surface area contributed by atoms with Crippen molar-refractivity contribution >= 4 is 5.91 Å². The van der Waals surface area contributed by atoms with Gasteiger partial charge < -0.3 is 15.5 Å². The van der Waals surface area contributed by atoms with Crippen LogP contribution in [0.5, 0.6) is 0 Å². The van der Waals surface area contributed by atoms with E-state index in [4.69, 9.17) is 10.2 Å². The number of nitrogens with one attached hydrogen (secondary N) is 1. The maximum atomic E-state index is 11.6. The molecule has 0 aliphatic carbocycles. The Labute approximate surface area is 91.1 Å². The lowest BCUT2D eigenvalue weighted by atomic mass is 10.2. The molecular weight excluding hydrogens is 196 g/mol. The van der Waals surface area contributed by atoms with Crippen LogP contribution in [0, 0.1) is 0 Å². The van der Waals surface area contributed by atoms with Crippen LogP contribution in [0.25, 0.3) is 0 Å². The SMILES string of the molecule is CC(C)NC(=O)C(C)N(CCO)CCO. The van der Waals surface area contributed by atoms with Crippen molar-refractivity contribution in [1.82, 2.24) is 10.2 Å². The molecule has 0 saturated heterocycles. The molecule has 1 atom stereocenters. The highest BCUT2D eigenvalue weighted by atomic mass is 16.3. The number of nitrogens with zero attached hydrogens (tertiary/aromatic N) is 1. The Morgan fingerprint density at radius 1 is 1.20 bits per heavy atom. The normalized spacial score (nSPS) is 13.3.